The summed E-state index contributed by atoms with van der Waals surface area (Å²) in [7, 11) is 0. The zero-order valence-corrected chi connectivity index (χ0v) is 11.4. The van der Waals surface area contributed by atoms with Gasteiger partial charge in [-0.05, 0) is 17.7 Å². The maximum atomic E-state index is 9.09. The van der Waals surface area contributed by atoms with Gasteiger partial charge in [-0.25, -0.2) is 0 Å². The molecule has 2 aromatic carbocycles. The second-order valence-corrected chi connectivity index (χ2v) is 4.50. The van der Waals surface area contributed by atoms with Crippen molar-refractivity contribution in [2.45, 2.75) is 0 Å². The first-order valence-corrected chi connectivity index (χ1v) is 6.06. The maximum Gasteiger partial charge on any atom is 0.104 e. The molecule has 0 atom stereocenters. The van der Waals surface area contributed by atoms with Crippen molar-refractivity contribution >= 4 is 22.7 Å². The van der Waals surface area contributed by atoms with Crippen molar-refractivity contribution in [3.8, 4) is 29.3 Å². The summed E-state index contributed by atoms with van der Waals surface area (Å²) in [5, 5.41) is 27.1. The molecule has 8 N–H and O–H groups in total. The number of nitrogens with two attached hydrogens (primary N) is 4. The SMILES string of the molecule is N#Cc1ccc(-c2c(N)c(N)c(C#N)c(N)c2N)cc1C#N. The van der Waals surface area contributed by atoms with Crippen molar-refractivity contribution in [1.29, 1.82) is 15.8 Å². The van der Waals surface area contributed by atoms with Gasteiger partial charge in [-0.2, -0.15) is 15.8 Å². The van der Waals surface area contributed by atoms with Gasteiger partial charge in [-0.15, -0.1) is 0 Å². The number of nitrogen functional groups attached to an aromatic ring is 4. The Kier molecular flexibility index (Phi) is 3.46. The lowest BCUT2D eigenvalue weighted by molar-refractivity contribution is 1.43. The van der Waals surface area contributed by atoms with Gasteiger partial charge < -0.3 is 22.9 Å². The molecule has 7 heteroatoms. The summed E-state index contributed by atoms with van der Waals surface area (Å²) >= 11 is 0. The van der Waals surface area contributed by atoms with E-state index in [4.69, 9.17) is 38.7 Å². The molecular weight excluding hydrogens is 278 g/mol. The zero-order valence-electron chi connectivity index (χ0n) is 11.4. The first-order chi connectivity index (χ1) is 10.5. The highest BCUT2D eigenvalue weighted by Crippen LogP contribution is 2.42. The van der Waals surface area contributed by atoms with E-state index in [9.17, 15) is 0 Å². The predicted molar refractivity (Wildman–Crippen MR) is 83.7 cm³/mol. The summed E-state index contributed by atoms with van der Waals surface area (Å²) in [6.07, 6.45) is 0. The standard InChI is InChI=1S/C15H11N7/c16-4-8-2-1-7(3-9(8)5-17)11-14(21)12(19)10(6-18)13(20)15(11)22/h1-3H,19-22H2. The van der Waals surface area contributed by atoms with E-state index in [1.165, 1.54) is 12.1 Å². The lowest BCUT2D eigenvalue weighted by Crippen LogP contribution is -2.08. The van der Waals surface area contributed by atoms with Crippen LogP contribution in [-0.2, 0) is 0 Å². The van der Waals surface area contributed by atoms with Crippen LogP contribution >= 0.6 is 0 Å². The van der Waals surface area contributed by atoms with Crippen LogP contribution in [0.3, 0.4) is 0 Å². The molecule has 7 nitrogen and oxygen atoms in total. The van der Waals surface area contributed by atoms with Crippen molar-refractivity contribution in [2.75, 3.05) is 22.9 Å². The fraction of sp³-hybridized carbons (Fsp3) is 0. The van der Waals surface area contributed by atoms with Gasteiger partial charge in [0.25, 0.3) is 0 Å². The largest absolute Gasteiger partial charge is 0.396 e. The Morgan fingerprint density at radius 1 is 0.682 bits per heavy atom. The molecule has 0 aromatic heterocycles. The minimum atomic E-state index is 0.0212. The highest BCUT2D eigenvalue weighted by molar-refractivity contribution is 6.01. The Morgan fingerprint density at radius 3 is 1.68 bits per heavy atom. The lowest BCUT2D eigenvalue weighted by atomic mass is 9.94. The third kappa shape index (κ3) is 1.98. The lowest BCUT2D eigenvalue weighted by Gasteiger charge is -2.16. The molecule has 0 saturated carbocycles. The maximum absolute atomic E-state index is 9.09. The first kappa shape index (κ1) is 14.5. The van der Waals surface area contributed by atoms with Crippen molar-refractivity contribution in [3.63, 3.8) is 0 Å². The fourth-order valence-electron chi connectivity index (χ4n) is 2.15. The third-order valence-electron chi connectivity index (χ3n) is 3.32. The third-order valence-corrected chi connectivity index (χ3v) is 3.32. The summed E-state index contributed by atoms with van der Waals surface area (Å²) < 4.78 is 0. The molecular formula is C15H11N7. The number of benzene rings is 2. The molecule has 0 amide bonds. The van der Waals surface area contributed by atoms with Crippen molar-refractivity contribution < 1.29 is 0 Å². The van der Waals surface area contributed by atoms with Gasteiger partial charge in [0.1, 0.15) is 23.8 Å². The molecule has 2 rings (SSSR count). The van der Waals surface area contributed by atoms with Crippen LogP contribution in [-0.4, -0.2) is 0 Å². The van der Waals surface area contributed by atoms with Gasteiger partial charge in [0, 0.05) is 5.56 Å². The Labute approximate surface area is 126 Å². The summed E-state index contributed by atoms with van der Waals surface area (Å²) in [4.78, 5) is 0. The normalized spacial score (nSPS) is 9.50. The average molecular weight is 289 g/mol. The van der Waals surface area contributed by atoms with E-state index < -0.39 is 0 Å². The monoisotopic (exact) mass is 289 g/mol. The van der Waals surface area contributed by atoms with Crippen molar-refractivity contribution in [2.24, 2.45) is 0 Å². The molecule has 0 aliphatic rings. The summed E-state index contributed by atoms with van der Waals surface area (Å²) in [5.74, 6) is 0. The van der Waals surface area contributed by atoms with Crippen LogP contribution in [0.15, 0.2) is 18.2 Å². The summed E-state index contributed by atoms with van der Waals surface area (Å²) in [6.45, 7) is 0. The fourth-order valence-corrected chi connectivity index (χ4v) is 2.15. The molecule has 0 saturated heterocycles. The highest BCUT2D eigenvalue weighted by Gasteiger charge is 2.19. The van der Waals surface area contributed by atoms with Gasteiger partial charge in [-0.1, -0.05) is 6.07 Å². The van der Waals surface area contributed by atoms with Gasteiger partial charge in [-0.3, -0.25) is 0 Å². The number of nitriles is 3. The van der Waals surface area contributed by atoms with E-state index >= 15 is 0 Å². The highest BCUT2D eigenvalue weighted by atomic mass is 14.8. The number of rotatable bonds is 1. The van der Waals surface area contributed by atoms with Crippen LogP contribution in [0.4, 0.5) is 22.7 Å². The topological polar surface area (TPSA) is 175 Å². The van der Waals surface area contributed by atoms with Crippen LogP contribution in [0, 0.1) is 34.0 Å². The molecule has 0 aliphatic carbocycles. The average Bonchev–Trinajstić information content (AvgIpc) is 2.53. The van der Waals surface area contributed by atoms with Crippen molar-refractivity contribution in [3.05, 3.63) is 34.9 Å². The smallest absolute Gasteiger partial charge is 0.104 e. The van der Waals surface area contributed by atoms with Gasteiger partial charge >= 0.3 is 0 Å². The van der Waals surface area contributed by atoms with Gasteiger partial charge in [0.05, 0.1) is 33.9 Å². The van der Waals surface area contributed by atoms with Gasteiger partial charge in [0.15, 0.2) is 0 Å². The summed E-state index contributed by atoms with van der Waals surface area (Å²) in [5.41, 5.74) is 25.1. The molecule has 0 aliphatic heterocycles. The molecule has 0 unspecified atom stereocenters. The van der Waals surface area contributed by atoms with E-state index in [0.717, 1.165) is 0 Å². The van der Waals surface area contributed by atoms with E-state index in [-0.39, 0.29) is 39.4 Å². The number of anilines is 4. The Balaban J connectivity index is 2.84. The molecule has 0 bridgehead atoms. The Hall–Kier alpha value is -3.89. The van der Waals surface area contributed by atoms with Crippen molar-refractivity contribution in [1.82, 2.24) is 0 Å². The minimum absolute atomic E-state index is 0.0212. The Bertz CT molecular complexity index is 878. The molecule has 106 valence electrons. The van der Waals surface area contributed by atoms with Crippen LogP contribution in [0.5, 0.6) is 0 Å². The van der Waals surface area contributed by atoms with Crippen LogP contribution < -0.4 is 22.9 Å². The molecule has 22 heavy (non-hydrogen) atoms. The first-order valence-electron chi connectivity index (χ1n) is 6.06. The van der Waals surface area contributed by atoms with Gasteiger partial charge in [0.2, 0.25) is 0 Å². The second kappa shape index (κ2) is 5.24. The van der Waals surface area contributed by atoms with E-state index in [2.05, 4.69) is 0 Å². The Morgan fingerprint density at radius 2 is 1.23 bits per heavy atom. The molecule has 0 fully saturated rings. The van der Waals surface area contributed by atoms with E-state index in [0.29, 0.717) is 11.1 Å². The predicted octanol–water partition coefficient (Wildman–Crippen LogP) is 1.30. The van der Waals surface area contributed by atoms with Crippen LogP contribution in [0.25, 0.3) is 11.1 Å². The number of hydrogen-bond donors (Lipinski definition) is 4. The second-order valence-electron chi connectivity index (χ2n) is 4.50. The van der Waals surface area contributed by atoms with Crippen LogP contribution in [0.1, 0.15) is 16.7 Å². The minimum Gasteiger partial charge on any atom is -0.396 e. The molecule has 0 spiro atoms. The number of nitrogens with zero attached hydrogens (tertiary/aromatic N) is 3. The van der Waals surface area contributed by atoms with E-state index in [1.54, 1.807) is 6.07 Å². The zero-order chi connectivity index (χ0) is 16.4. The molecule has 0 heterocycles. The van der Waals surface area contributed by atoms with E-state index in [1.807, 2.05) is 18.2 Å². The van der Waals surface area contributed by atoms with Crippen LogP contribution in [0.2, 0.25) is 0 Å². The summed E-state index contributed by atoms with van der Waals surface area (Å²) in [6, 6.07) is 10.3. The molecule has 0 radical (unpaired) electrons. The number of hydrogen-bond acceptors (Lipinski definition) is 7. The molecule has 2 aromatic rings. The quantitative estimate of drug-likeness (QED) is 0.571.